The second-order valence-corrected chi connectivity index (χ2v) is 5.60. The number of hydrogen-bond donors (Lipinski definition) is 1. The van der Waals surface area contributed by atoms with Crippen LogP contribution in [0.5, 0.6) is 0 Å². The van der Waals surface area contributed by atoms with E-state index in [0.717, 1.165) is 23.6 Å². The zero-order valence-corrected chi connectivity index (χ0v) is 10.7. The summed E-state index contributed by atoms with van der Waals surface area (Å²) >= 11 is 3.39. The molecule has 0 spiro atoms. The van der Waals surface area contributed by atoms with E-state index in [1.165, 1.54) is 9.71 Å². The molecule has 1 N–H and O–H groups in total. The van der Waals surface area contributed by atoms with Crippen molar-refractivity contribution in [2.24, 2.45) is 0 Å². The van der Waals surface area contributed by atoms with Crippen LogP contribution in [0.3, 0.4) is 0 Å². The smallest absolute Gasteiger partial charge is 0.183 e. The number of rotatable bonds is 4. The number of hydrogen-bond acceptors (Lipinski definition) is 5. The van der Waals surface area contributed by atoms with Crippen molar-refractivity contribution in [2.75, 3.05) is 11.9 Å². The van der Waals surface area contributed by atoms with Crippen molar-refractivity contribution < 1.29 is 0 Å². The number of para-hydroxylation sites is 1. The maximum absolute atomic E-state index is 4.52. The first kappa shape index (κ1) is 10.7. The molecular weight excluding hydrogens is 250 g/mol. The minimum Gasteiger partial charge on any atom is -0.361 e. The van der Waals surface area contributed by atoms with E-state index in [1.54, 1.807) is 22.7 Å². The zero-order chi connectivity index (χ0) is 11.5. The molecule has 0 bridgehead atoms. The Hall–Kier alpha value is -1.46. The lowest BCUT2D eigenvalue weighted by atomic mass is 10.3. The molecule has 1 aromatic carbocycles. The lowest BCUT2D eigenvalue weighted by Gasteiger charge is -1.98. The Morgan fingerprint density at radius 2 is 2.18 bits per heavy atom. The van der Waals surface area contributed by atoms with Gasteiger partial charge in [0.1, 0.15) is 0 Å². The molecule has 0 fully saturated rings. The lowest BCUT2D eigenvalue weighted by Crippen LogP contribution is -2.03. The molecule has 0 saturated carbocycles. The van der Waals surface area contributed by atoms with Gasteiger partial charge in [0, 0.05) is 24.5 Å². The van der Waals surface area contributed by atoms with E-state index in [2.05, 4.69) is 21.4 Å². The summed E-state index contributed by atoms with van der Waals surface area (Å²) in [6.07, 6.45) is 2.80. The molecule has 0 aliphatic rings. The number of nitrogens with one attached hydrogen (secondary N) is 1. The first-order valence-electron chi connectivity index (χ1n) is 5.39. The highest BCUT2D eigenvalue weighted by Crippen LogP contribution is 2.25. The third-order valence-electron chi connectivity index (χ3n) is 2.39. The molecule has 2 heterocycles. The van der Waals surface area contributed by atoms with Gasteiger partial charge in [-0.1, -0.05) is 23.5 Å². The molecule has 17 heavy (non-hydrogen) atoms. The predicted octanol–water partition coefficient (Wildman–Crippen LogP) is 3.41. The van der Waals surface area contributed by atoms with Crippen molar-refractivity contribution >= 4 is 38.0 Å². The quantitative estimate of drug-likeness (QED) is 0.782. The second kappa shape index (κ2) is 4.81. The van der Waals surface area contributed by atoms with E-state index in [0.29, 0.717) is 0 Å². The molecule has 0 saturated heterocycles. The van der Waals surface area contributed by atoms with Crippen molar-refractivity contribution in [1.29, 1.82) is 0 Å². The van der Waals surface area contributed by atoms with E-state index in [-0.39, 0.29) is 0 Å². The minimum atomic E-state index is 0.882. The topological polar surface area (TPSA) is 37.8 Å². The summed E-state index contributed by atoms with van der Waals surface area (Å²) in [6, 6.07) is 8.19. The van der Waals surface area contributed by atoms with Crippen molar-refractivity contribution in [2.45, 2.75) is 6.42 Å². The lowest BCUT2D eigenvalue weighted by molar-refractivity contribution is 0.996. The third kappa shape index (κ3) is 2.45. The largest absolute Gasteiger partial charge is 0.361 e. The maximum Gasteiger partial charge on any atom is 0.183 e. The molecule has 2 aromatic heterocycles. The number of thiazole rings is 2. The Balaban J connectivity index is 1.65. The van der Waals surface area contributed by atoms with Crippen LogP contribution >= 0.6 is 22.7 Å². The van der Waals surface area contributed by atoms with Gasteiger partial charge >= 0.3 is 0 Å². The summed E-state index contributed by atoms with van der Waals surface area (Å²) < 4.78 is 1.23. The molecule has 0 radical (unpaired) electrons. The van der Waals surface area contributed by atoms with E-state index in [9.17, 15) is 0 Å². The van der Waals surface area contributed by atoms with Gasteiger partial charge in [-0.05, 0) is 12.1 Å². The van der Waals surface area contributed by atoms with Crippen molar-refractivity contribution in [1.82, 2.24) is 9.97 Å². The maximum atomic E-state index is 4.52. The molecule has 3 rings (SSSR count). The average molecular weight is 261 g/mol. The summed E-state index contributed by atoms with van der Waals surface area (Å²) in [5, 5.41) is 7.51. The second-order valence-electron chi connectivity index (χ2n) is 3.59. The minimum absolute atomic E-state index is 0.882. The molecule has 3 nitrogen and oxygen atoms in total. The molecule has 5 heteroatoms. The van der Waals surface area contributed by atoms with Crippen molar-refractivity contribution in [3.05, 3.63) is 40.8 Å². The van der Waals surface area contributed by atoms with Gasteiger partial charge < -0.3 is 5.32 Å². The van der Waals surface area contributed by atoms with E-state index in [4.69, 9.17) is 0 Å². The van der Waals surface area contributed by atoms with Crippen LogP contribution < -0.4 is 5.32 Å². The van der Waals surface area contributed by atoms with Gasteiger partial charge in [0.15, 0.2) is 5.13 Å². The number of nitrogens with zero attached hydrogens (tertiary/aromatic N) is 2. The average Bonchev–Trinajstić information content (AvgIpc) is 2.96. The summed E-state index contributed by atoms with van der Waals surface area (Å²) in [5.74, 6) is 0. The van der Waals surface area contributed by atoms with Gasteiger partial charge in [-0.15, -0.1) is 11.3 Å². The van der Waals surface area contributed by atoms with Gasteiger partial charge in [-0.2, -0.15) is 0 Å². The highest BCUT2D eigenvalue weighted by atomic mass is 32.1. The van der Waals surface area contributed by atoms with Crippen LogP contribution in [0.4, 0.5) is 5.13 Å². The Morgan fingerprint density at radius 1 is 1.24 bits per heavy atom. The summed E-state index contributed by atoms with van der Waals surface area (Å²) in [7, 11) is 0. The van der Waals surface area contributed by atoms with Gasteiger partial charge in [-0.3, -0.25) is 0 Å². The number of aromatic nitrogens is 2. The van der Waals surface area contributed by atoms with Crippen LogP contribution in [0.1, 0.15) is 5.01 Å². The fourth-order valence-electron chi connectivity index (χ4n) is 1.60. The summed E-state index contributed by atoms with van der Waals surface area (Å²) in [5.41, 5.74) is 1.06. The third-order valence-corrected chi connectivity index (χ3v) is 4.23. The molecule has 3 aromatic rings. The molecule has 0 aliphatic carbocycles. The molecular formula is C12H11N3S2. The highest BCUT2D eigenvalue weighted by molar-refractivity contribution is 7.22. The van der Waals surface area contributed by atoms with Crippen LogP contribution in [0.15, 0.2) is 35.8 Å². The summed E-state index contributed by atoms with van der Waals surface area (Å²) in [6.45, 7) is 0.882. The first-order chi connectivity index (χ1) is 8.42. The Labute approximate surface area is 107 Å². The zero-order valence-electron chi connectivity index (χ0n) is 9.09. The van der Waals surface area contributed by atoms with Crippen LogP contribution in [-0.2, 0) is 6.42 Å². The van der Waals surface area contributed by atoms with Crippen molar-refractivity contribution in [3.8, 4) is 0 Å². The standard InChI is InChI=1S/C12H11N3S2/c1-2-4-10-9(3-1)15-12(17-10)14-6-5-11-13-7-8-16-11/h1-4,7-8H,5-6H2,(H,14,15). The molecule has 86 valence electrons. The number of anilines is 1. The fraction of sp³-hybridized carbons (Fsp3) is 0.167. The van der Waals surface area contributed by atoms with Gasteiger partial charge in [0.05, 0.1) is 15.2 Å². The molecule has 0 amide bonds. The van der Waals surface area contributed by atoms with E-state index >= 15 is 0 Å². The molecule has 0 aliphatic heterocycles. The predicted molar refractivity (Wildman–Crippen MR) is 73.9 cm³/mol. The fourth-order valence-corrected chi connectivity index (χ4v) is 3.11. The van der Waals surface area contributed by atoms with Gasteiger partial charge in [-0.25, -0.2) is 9.97 Å². The van der Waals surface area contributed by atoms with Gasteiger partial charge in [0.2, 0.25) is 0 Å². The Kier molecular flexibility index (Phi) is 3.02. The van der Waals surface area contributed by atoms with E-state index < -0.39 is 0 Å². The van der Waals surface area contributed by atoms with Crippen LogP contribution in [0, 0.1) is 0 Å². The number of fused-ring (bicyclic) bond motifs is 1. The monoisotopic (exact) mass is 261 g/mol. The molecule has 0 atom stereocenters. The first-order valence-corrected chi connectivity index (χ1v) is 7.09. The van der Waals surface area contributed by atoms with Crippen LogP contribution in [0.25, 0.3) is 10.2 Å². The van der Waals surface area contributed by atoms with E-state index in [1.807, 2.05) is 29.8 Å². The normalized spacial score (nSPS) is 10.8. The van der Waals surface area contributed by atoms with Crippen LogP contribution in [-0.4, -0.2) is 16.5 Å². The highest BCUT2D eigenvalue weighted by Gasteiger charge is 2.02. The van der Waals surface area contributed by atoms with Crippen molar-refractivity contribution in [3.63, 3.8) is 0 Å². The van der Waals surface area contributed by atoms with Gasteiger partial charge in [0.25, 0.3) is 0 Å². The molecule has 0 unspecified atom stereocenters. The Bertz CT molecular complexity index is 568. The Morgan fingerprint density at radius 3 is 3.00 bits per heavy atom. The van der Waals surface area contributed by atoms with Crippen LogP contribution in [0.2, 0.25) is 0 Å². The summed E-state index contributed by atoms with van der Waals surface area (Å²) in [4.78, 5) is 8.77. The number of benzene rings is 1. The SMILES string of the molecule is c1ccc2sc(NCCc3nccs3)nc2c1.